The van der Waals surface area contributed by atoms with E-state index in [1.165, 1.54) is 12.1 Å². The van der Waals surface area contributed by atoms with Crippen molar-refractivity contribution in [2.75, 3.05) is 0 Å². The van der Waals surface area contributed by atoms with Gasteiger partial charge >= 0.3 is 5.92 Å². The number of halogens is 2. The number of alkyl halides is 2. The van der Waals surface area contributed by atoms with Gasteiger partial charge in [0.2, 0.25) is 0 Å². The predicted molar refractivity (Wildman–Crippen MR) is 62.5 cm³/mol. The Bertz CT molecular complexity index is 506. The van der Waals surface area contributed by atoms with Crippen LogP contribution in [0.5, 0.6) is 0 Å². The van der Waals surface area contributed by atoms with Gasteiger partial charge in [0, 0.05) is 11.1 Å². The normalized spacial score (nSPS) is 22.3. The molecule has 1 aliphatic rings. The zero-order valence-electron chi connectivity index (χ0n) is 10.4. The predicted octanol–water partition coefficient (Wildman–Crippen LogP) is 2.14. The molecule has 98 valence electrons. The number of carbonyl (C=O) groups excluding carboxylic acids is 1. The van der Waals surface area contributed by atoms with Crippen LogP contribution < -0.4 is 5.32 Å². The van der Waals surface area contributed by atoms with Crippen LogP contribution in [0.1, 0.15) is 42.3 Å². The number of fused-ring (bicyclic) bond motifs is 1. The van der Waals surface area contributed by atoms with E-state index in [1.54, 1.807) is 6.07 Å². The fourth-order valence-electron chi connectivity index (χ4n) is 1.92. The van der Waals surface area contributed by atoms with Crippen molar-refractivity contribution in [2.45, 2.75) is 38.3 Å². The first kappa shape index (κ1) is 13.0. The molecule has 0 spiro atoms. The summed E-state index contributed by atoms with van der Waals surface area (Å²) >= 11 is 0. The average Bonchev–Trinajstić information content (AvgIpc) is 2.25. The second kappa shape index (κ2) is 3.75. The second-order valence-corrected chi connectivity index (χ2v) is 5.51. The number of hydrogen-bond acceptors (Lipinski definition) is 2. The number of nitrogens with one attached hydrogen (secondary N) is 1. The number of aliphatic hydroxyl groups excluding tert-OH is 1. The van der Waals surface area contributed by atoms with Crippen LogP contribution in [0.2, 0.25) is 0 Å². The summed E-state index contributed by atoms with van der Waals surface area (Å²) in [5.41, 5.74) is -0.100. The zero-order valence-corrected chi connectivity index (χ0v) is 10.4. The van der Waals surface area contributed by atoms with Crippen LogP contribution in [0, 0.1) is 0 Å². The molecule has 0 fully saturated rings. The van der Waals surface area contributed by atoms with Gasteiger partial charge in [0.1, 0.15) is 0 Å². The number of carbonyl (C=O) groups is 1. The Hall–Kier alpha value is -1.49. The largest absolute Gasteiger partial charge is 0.368 e. The lowest BCUT2D eigenvalue weighted by Gasteiger charge is -2.31. The first-order chi connectivity index (χ1) is 8.14. The van der Waals surface area contributed by atoms with E-state index in [1.807, 2.05) is 26.1 Å². The van der Waals surface area contributed by atoms with Crippen molar-refractivity contribution < 1.29 is 18.7 Å². The van der Waals surface area contributed by atoms with Crippen LogP contribution in [-0.2, 0) is 11.3 Å². The molecule has 1 amide bonds. The molecule has 2 rings (SSSR count). The summed E-state index contributed by atoms with van der Waals surface area (Å²) in [4.78, 5) is 11.5. The Labute approximate surface area is 104 Å². The molecule has 2 N–H and O–H groups in total. The molecule has 0 saturated heterocycles. The van der Waals surface area contributed by atoms with Gasteiger partial charge in [-0.05, 0) is 23.1 Å². The summed E-state index contributed by atoms with van der Waals surface area (Å²) in [6.45, 7) is 5.69. The van der Waals surface area contributed by atoms with Crippen molar-refractivity contribution in [3.63, 3.8) is 0 Å². The first-order valence-electron chi connectivity index (χ1n) is 5.66. The van der Waals surface area contributed by atoms with Gasteiger partial charge in [-0.25, -0.2) is 0 Å². The Morgan fingerprint density at radius 1 is 1.33 bits per heavy atom. The van der Waals surface area contributed by atoms with E-state index in [2.05, 4.69) is 0 Å². The summed E-state index contributed by atoms with van der Waals surface area (Å²) in [6, 6.07) is 4.34. The molecule has 0 radical (unpaired) electrons. The van der Waals surface area contributed by atoms with Gasteiger partial charge < -0.3 is 10.4 Å². The van der Waals surface area contributed by atoms with Crippen LogP contribution in [0.25, 0.3) is 0 Å². The summed E-state index contributed by atoms with van der Waals surface area (Å²) < 4.78 is 27.7. The number of amides is 1. The Morgan fingerprint density at radius 2 is 1.94 bits per heavy atom. The highest BCUT2D eigenvalue weighted by Crippen LogP contribution is 2.38. The van der Waals surface area contributed by atoms with E-state index in [0.717, 1.165) is 0 Å². The number of hydrogen-bond donors (Lipinski definition) is 2. The summed E-state index contributed by atoms with van der Waals surface area (Å²) in [5.74, 6) is -4.14. The highest BCUT2D eigenvalue weighted by Gasteiger charge is 2.48. The van der Waals surface area contributed by atoms with Crippen molar-refractivity contribution in [1.82, 2.24) is 5.32 Å². The monoisotopic (exact) mass is 255 g/mol. The Morgan fingerprint density at radius 3 is 2.50 bits per heavy atom. The van der Waals surface area contributed by atoms with E-state index in [0.29, 0.717) is 5.56 Å². The molecule has 18 heavy (non-hydrogen) atoms. The fourth-order valence-corrected chi connectivity index (χ4v) is 1.92. The molecule has 5 heteroatoms. The van der Waals surface area contributed by atoms with Gasteiger partial charge in [-0.15, -0.1) is 0 Å². The van der Waals surface area contributed by atoms with E-state index in [9.17, 15) is 18.7 Å². The third-order valence-corrected chi connectivity index (χ3v) is 3.10. The molecular formula is C13H15F2NO2. The molecule has 1 unspecified atom stereocenters. The maximum Gasteiger partial charge on any atom is 0.317 e. The van der Waals surface area contributed by atoms with Crippen LogP contribution in [-0.4, -0.2) is 17.2 Å². The standard InChI is InChI=1S/C13H15F2NO2/c1-12(2,3)7-4-5-8-9(6-7)13(14,15)11(18)16-10(8)17/h4-6,11,18H,1-3H3,(H,16,17). The number of aliphatic hydroxyl groups is 1. The van der Waals surface area contributed by atoms with Gasteiger partial charge in [-0.2, -0.15) is 8.78 Å². The summed E-state index contributed by atoms with van der Waals surface area (Å²) in [6.07, 6.45) is -2.17. The number of rotatable bonds is 0. The molecule has 1 aromatic carbocycles. The van der Waals surface area contributed by atoms with E-state index < -0.39 is 23.6 Å². The lowest BCUT2D eigenvalue weighted by molar-refractivity contribution is -0.128. The van der Waals surface area contributed by atoms with E-state index in [4.69, 9.17) is 0 Å². The topological polar surface area (TPSA) is 49.3 Å². The van der Waals surface area contributed by atoms with E-state index in [-0.39, 0.29) is 11.0 Å². The molecule has 0 aliphatic carbocycles. The molecule has 1 heterocycles. The SMILES string of the molecule is CC(C)(C)c1ccc2c(c1)C(F)(F)C(O)NC2=O. The van der Waals surface area contributed by atoms with Crippen LogP contribution in [0.15, 0.2) is 18.2 Å². The zero-order chi connectivity index (χ0) is 13.7. The van der Waals surface area contributed by atoms with Crippen LogP contribution in [0.3, 0.4) is 0 Å². The smallest absolute Gasteiger partial charge is 0.317 e. The molecule has 3 nitrogen and oxygen atoms in total. The molecule has 1 atom stereocenters. The third-order valence-electron chi connectivity index (χ3n) is 3.10. The molecule has 0 aromatic heterocycles. The maximum atomic E-state index is 13.9. The quantitative estimate of drug-likeness (QED) is 0.746. The minimum atomic E-state index is -3.47. The molecule has 0 saturated carbocycles. The van der Waals surface area contributed by atoms with Crippen molar-refractivity contribution in [1.29, 1.82) is 0 Å². The lowest BCUT2D eigenvalue weighted by Crippen LogP contribution is -2.51. The van der Waals surface area contributed by atoms with Crippen molar-refractivity contribution in [3.8, 4) is 0 Å². The van der Waals surface area contributed by atoms with Crippen molar-refractivity contribution in [2.24, 2.45) is 0 Å². The minimum absolute atomic E-state index is 0.0849. The molecule has 1 aliphatic heterocycles. The van der Waals surface area contributed by atoms with Crippen LogP contribution in [0.4, 0.5) is 8.78 Å². The van der Waals surface area contributed by atoms with Crippen LogP contribution >= 0.6 is 0 Å². The number of benzene rings is 1. The minimum Gasteiger partial charge on any atom is -0.368 e. The van der Waals surface area contributed by atoms with Gasteiger partial charge in [-0.1, -0.05) is 26.8 Å². The maximum absolute atomic E-state index is 13.9. The van der Waals surface area contributed by atoms with Gasteiger partial charge in [0.05, 0.1) is 0 Å². The summed E-state index contributed by atoms with van der Waals surface area (Å²) in [7, 11) is 0. The van der Waals surface area contributed by atoms with Gasteiger partial charge in [0.25, 0.3) is 5.91 Å². The van der Waals surface area contributed by atoms with E-state index >= 15 is 0 Å². The summed E-state index contributed by atoms with van der Waals surface area (Å²) in [5, 5.41) is 11.1. The van der Waals surface area contributed by atoms with Crippen molar-refractivity contribution >= 4 is 5.91 Å². The average molecular weight is 255 g/mol. The highest BCUT2D eigenvalue weighted by atomic mass is 19.3. The molecule has 1 aromatic rings. The van der Waals surface area contributed by atoms with Gasteiger partial charge in [-0.3, -0.25) is 4.79 Å². The first-order valence-corrected chi connectivity index (χ1v) is 5.66. The Kier molecular flexibility index (Phi) is 2.70. The van der Waals surface area contributed by atoms with Gasteiger partial charge in [0.15, 0.2) is 6.23 Å². The molecular weight excluding hydrogens is 240 g/mol. The van der Waals surface area contributed by atoms with Crippen molar-refractivity contribution in [3.05, 3.63) is 34.9 Å². The Balaban J connectivity index is 2.63. The second-order valence-electron chi connectivity index (χ2n) is 5.51. The lowest BCUT2D eigenvalue weighted by atomic mass is 9.83. The molecule has 0 bridgehead atoms. The fraction of sp³-hybridized carbons (Fsp3) is 0.462. The highest BCUT2D eigenvalue weighted by molar-refractivity contribution is 5.97. The third kappa shape index (κ3) is 1.88.